The number of nitrogens with one attached hydrogen (secondary N) is 1. The number of amidine groups is 1. The van der Waals surface area contributed by atoms with Crippen molar-refractivity contribution in [3.63, 3.8) is 0 Å². The van der Waals surface area contributed by atoms with Crippen LogP contribution in [0.1, 0.15) is 37.1 Å². The van der Waals surface area contributed by atoms with Gasteiger partial charge in [0.15, 0.2) is 0 Å². The Kier molecular flexibility index (Phi) is 6.44. The smallest absolute Gasteiger partial charge is 0.232 e. The quantitative estimate of drug-likeness (QED) is 0.513. The molecule has 0 radical (unpaired) electrons. The largest absolute Gasteiger partial charge is 0.353 e. The van der Waals surface area contributed by atoms with Gasteiger partial charge >= 0.3 is 0 Å². The molecule has 0 spiro atoms. The third-order valence-corrected chi connectivity index (χ3v) is 8.28. The van der Waals surface area contributed by atoms with E-state index in [1.54, 1.807) is 11.3 Å². The Bertz CT molecular complexity index is 1100. The number of aliphatic imine (C=N–C) groups is 1. The monoisotopic (exact) mass is 479 g/mol. The average molecular weight is 480 g/mol. The fraction of sp³-hybridized carbons (Fsp3) is 0.500. The molecule has 180 valence electrons. The van der Waals surface area contributed by atoms with E-state index in [0.717, 1.165) is 62.8 Å². The van der Waals surface area contributed by atoms with E-state index in [9.17, 15) is 9.59 Å². The van der Waals surface area contributed by atoms with Gasteiger partial charge < -0.3 is 10.2 Å². The number of rotatable bonds is 5. The number of para-hydroxylation sites is 2. The molecule has 1 aromatic heterocycles. The Labute approximate surface area is 205 Å². The predicted octanol–water partition coefficient (Wildman–Crippen LogP) is 4.23. The third kappa shape index (κ3) is 4.36. The summed E-state index contributed by atoms with van der Waals surface area (Å²) >= 11 is 1.78. The number of imide groups is 1. The van der Waals surface area contributed by atoms with E-state index in [1.807, 2.05) is 26.0 Å². The van der Waals surface area contributed by atoms with Crippen molar-refractivity contribution in [2.24, 2.45) is 16.8 Å². The maximum Gasteiger partial charge on any atom is 0.232 e. The second kappa shape index (κ2) is 9.50. The molecule has 2 fully saturated rings. The number of aryl methyl sites for hydroxylation is 1. The number of amides is 2. The molecule has 5 rings (SSSR count). The molecule has 0 bridgehead atoms. The number of piperazine rings is 1. The fourth-order valence-corrected chi connectivity index (χ4v) is 5.94. The van der Waals surface area contributed by atoms with Crippen molar-refractivity contribution >= 4 is 45.4 Å². The van der Waals surface area contributed by atoms with E-state index in [4.69, 9.17) is 4.99 Å². The molecule has 2 amide bonds. The minimum atomic E-state index is -0.179. The maximum absolute atomic E-state index is 12.3. The lowest BCUT2D eigenvalue weighted by Gasteiger charge is -2.36. The highest BCUT2D eigenvalue weighted by Gasteiger charge is 2.41. The Balaban J connectivity index is 1.17. The number of fused-ring (bicyclic) bond motifs is 2. The summed E-state index contributed by atoms with van der Waals surface area (Å²) < 4.78 is 0. The molecule has 2 aromatic rings. The van der Waals surface area contributed by atoms with Crippen LogP contribution in [-0.2, 0) is 9.59 Å². The first-order valence-corrected chi connectivity index (χ1v) is 13.1. The number of hydrogen-bond donors (Lipinski definition) is 1. The highest BCUT2D eigenvalue weighted by Crippen LogP contribution is 2.39. The zero-order valence-electron chi connectivity index (χ0n) is 20.2. The van der Waals surface area contributed by atoms with Crippen molar-refractivity contribution in [2.75, 3.05) is 44.6 Å². The molecule has 7 nitrogen and oxygen atoms in total. The lowest BCUT2D eigenvalue weighted by Crippen LogP contribution is -2.49. The van der Waals surface area contributed by atoms with Crippen LogP contribution >= 0.6 is 11.3 Å². The Morgan fingerprint density at radius 1 is 1.00 bits per heavy atom. The fourth-order valence-electron chi connectivity index (χ4n) is 5.02. The number of anilines is 2. The summed E-state index contributed by atoms with van der Waals surface area (Å²) in [4.78, 5) is 37.3. The van der Waals surface area contributed by atoms with Crippen LogP contribution in [0, 0.1) is 18.8 Å². The van der Waals surface area contributed by atoms with Gasteiger partial charge in [-0.15, -0.1) is 11.3 Å². The topological polar surface area (TPSA) is 68.2 Å². The molecule has 34 heavy (non-hydrogen) atoms. The SMILES string of the molecule is Cc1cc2c(s1)Nc1ccccc1N=C2N1CCN(CCCCN2C(=O)C(C)C(C)C2=O)CC1. The van der Waals surface area contributed by atoms with Gasteiger partial charge in [-0.05, 0) is 44.5 Å². The van der Waals surface area contributed by atoms with Crippen LogP contribution in [0.5, 0.6) is 0 Å². The molecule has 0 aliphatic carbocycles. The van der Waals surface area contributed by atoms with Gasteiger partial charge in [-0.25, -0.2) is 4.99 Å². The van der Waals surface area contributed by atoms with E-state index < -0.39 is 0 Å². The molecular weight excluding hydrogens is 446 g/mol. The molecule has 4 heterocycles. The summed E-state index contributed by atoms with van der Waals surface area (Å²) in [6, 6.07) is 10.5. The second-order valence-electron chi connectivity index (χ2n) is 9.62. The standard InChI is InChI=1S/C26H33N5O2S/c1-17-16-20-23(27-21-8-4-5-9-22(21)28-24(20)34-17)30-14-12-29(13-15-30)10-6-7-11-31-25(32)18(2)19(3)26(31)33/h4-5,8-9,16,18-19,28H,6-7,10-15H2,1-3H3. The summed E-state index contributed by atoms with van der Waals surface area (Å²) in [7, 11) is 0. The molecule has 1 aromatic carbocycles. The first kappa shape index (κ1) is 23.1. The minimum Gasteiger partial charge on any atom is -0.353 e. The maximum atomic E-state index is 12.3. The lowest BCUT2D eigenvalue weighted by atomic mass is 10.00. The van der Waals surface area contributed by atoms with Crippen molar-refractivity contribution in [2.45, 2.75) is 33.6 Å². The van der Waals surface area contributed by atoms with Crippen LogP contribution in [0.25, 0.3) is 0 Å². The van der Waals surface area contributed by atoms with E-state index >= 15 is 0 Å². The van der Waals surface area contributed by atoms with Crippen molar-refractivity contribution < 1.29 is 9.59 Å². The summed E-state index contributed by atoms with van der Waals surface area (Å²) in [6.07, 6.45) is 1.86. The summed E-state index contributed by atoms with van der Waals surface area (Å²) in [5.74, 6) is 0.693. The summed E-state index contributed by atoms with van der Waals surface area (Å²) in [5, 5.41) is 4.75. The van der Waals surface area contributed by atoms with Crippen molar-refractivity contribution in [1.82, 2.24) is 14.7 Å². The van der Waals surface area contributed by atoms with Crippen LogP contribution in [0.15, 0.2) is 35.3 Å². The minimum absolute atomic E-state index is 0.00520. The Morgan fingerprint density at radius 2 is 1.68 bits per heavy atom. The highest BCUT2D eigenvalue weighted by atomic mass is 32.1. The number of benzene rings is 1. The molecule has 3 aliphatic heterocycles. The van der Waals surface area contributed by atoms with Crippen molar-refractivity contribution in [1.29, 1.82) is 0 Å². The number of likely N-dealkylation sites (tertiary alicyclic amines) is 1. The van der Waals surface area contributed by atoms with E-state index in [0.29, 0.717) is 6.54 Å². The van der Waals surface area contributed by atoms with Crippen LogP contribution in [0.3, 0.4) is 0 Å². The van der Waals surface area contributed by atoms with Gasteiger partial charge in [-0.1, -0.05) is 26.0 Å². The number of carbonyl (C=O) groups excluding carboxylic acids is 2. The number of carbonyl (C=O) groups is 2. The number of nitrogens with zero attached hydrogens (tertiary/aromatic N) is 4. The Hall–Kier alpha value is -2.71. The van der Waals surface area contributed by atoms with Gasteiger partial charge in [0.1, 0.15) is 10.8 Å². The summed E-state index contributed by atoms with van der Waals surface area (Å²) in [6.45, 7) is 11.3. The van der Waals surface area contributed by atoms with E-state index in [1.165, 1.54) is 20.3 Å². The number of thiophene rings is 1. The molecule has 2 saturated heterocycles. The van der Waals surface area contributed by atoms with Gasteiger partial charge in [0.2, 0.25) is 11.8 Å². The highest BCUT2D eigenvalue weighted by molar-refractivity contribution is 7.16. The third-order valence-electron chi connectivity index (χ3n) is 7.31. The molecule has 1 N–H and O–H groups in total. The second-order valence-corrected chi connectivity index (χ2v) is 10.9. The first-order chi connectivity index (χ1) is 16.4. The van der Waals surface area contributed by atoms with Gasteiger partial charge in [0, 0.05) is 49.4 Å². The molecule has 2 atom stereocenters. The molecule has 8 heteroatoms. The van der Waals surface area contributed by atoms with Crippen LogP contribution in [-0.4, -0.2) is 71.6 Å². The van der Waals surface area contributed by atoms with Crippen LogP contribution in [0.2, 0.25) is 0 Å². The van der Waals surface area contributed by atoms with Crippen molar-refractivity contribution in [3.8, 4) is 0 Å². The number of unbranched alkanes of at least 4 members (excludes halogenated alkanes) is 1. The molecular formula is C26H33N5O2S. The molecule has 3 aliphatic rings. The van der Waals surface area contributed by atoms with Crippen molar-refractivity contribution in [3.05, 3.63) is 40.8 Å². The normalized spacial score (nSPS) is 22.9. The van der Waals surface area contributed by atoms with Gasteiger partial charge in [0.05, 0.1) is 16.9 Å². The molecule has 2 unspecified atom stereocenters. The molecule has 0 saturated carbocycles. The average Bonchev–Trinajstić information content (AvgIpc) is 3.22. The van der Waals surface area contributed by atoms with Gasteiger partial charge in [-0.3, -0.25) is 19.4 Å². The predicted molar refractivity (Wildman–Crippen MR) is 137 cm³/mol. The van der Waals surface area contributed by atoms with E-state index in [-0.39, 0.29) is 23.7 Å². The lowest BCUT2D eigenvalue weighted by molar-refractivity contribution is -0.139. The zero-order valence-corrected chi connectivity index (χ0v) is 21.0. The van der Waals surface area contributed by atoms with Gasteiger partial charge in [-0.2, -0.15) is 0 Å². The Morgan fingerprint density at radius 3 is 2.41 bits per heavy atom. The summed E-state index contributed by atoms with van der Waals surface area (Å²) in [5.41, 5.74) is 3.23. The van der Waals surface area contributed by atoms with Gasteiger partial charge in [0.25, 0.3) is 0 Å². The zero-order chi connectivity index (χ0) is 23.8. The number of hydrogen-bond acceptors (Lipinski definition) is 7. The van der Waals surface area contributed by atoms with Crippen LogP contribution < -0.4 is 5.32 Å². The van der Waals surface area contributed by atoms with E-state index in [2.05, 4.69) is 40.2 Å². The first-order valence-electron chi connectivity index (χ1n) is 12.3. The van der Waals surface area contributed by atoms with Crippen LogP contribution in [0.4, 0.5) is 16.4 Å².